The van der Waals surface area contributed by atoms with Crippen molar-refractivity contribution < 1.29 is 34.8 Å². The highest BCUT2D eigenvalue weighted by molar-refractivity contribution is 6.02. The molecule has 0 amide bonds. The Morgan fingerprint density at radius 3 is 1.95 bits per heavy atom. The Morgan fingerprint density at radius 2 is 1.65 bits per heavy atom. The molecule has 1 rings (SSSR count). The third kappa shape index (κ3) is 4.91. The number of carboxylic acid groups (broad SMARTS) is 3. The zero-order valence-corrected chi connectivity index (χ0v) is 10.6. The highest BCUT2D eigenvalue weighted by atomic mass is 16.4. The predicted octanol–water partition coefficient (Wildman–Crippen LogP) is 1.39. The van der Waals surface area contributed by atoms with E-state index in [4.69, 9.17) is 15.3 Å². The van der Waals surface area contributed by atoms with Gasteiger partial charge in [-0.25, -0.2) is 14.4 Å². The van der Waals surface area contributed by atoms with E-state index >= 15 is 0 Å². The smallest absolute Gasteiger partial charge is 0.336 e. The van der Waals surface area contributed by atoms with E-state index in [-0.39, 0.29) is 16.7 Å². The molecule has 7 heteroatoms. The summed E-state index contributed by atoms with van der Waals surface area (Å²) in [5.41, 5.74) is -0.580. The lowest BCUT2D eigenvalue weighted by Gasteiger charge is -2.10. The monoisotopic (exact) mass is 282 g/mol. The average molecular weight is 282 g/mol. The molecule has 0 bridgehead atoms. The number of benzene rings is 1. The first-order valence-corrected chi connectivity index (χ1v) is 5.35. The molecule has 4 N–H and O–H groups in total. The number of rotatable bonds is 4. The first-order valence-electron chi connectivity index (χ1n) is 5.35. The van der Waals surface area contributed by atoms with E-state index in [1.165, 1.54) is 25.1 Å². The van der Waals surface area contributed by atoms with Crippen molar-refractivity contribution in [3.05, 3.63) is 47.5 Å². The van der Waals surface area contributed by atoms with Crippen LogP contribution >= 0.6 is 0 Å². The molecule has 20 heavy (non-hydrogen) atoms. The second-order valence-corrected chi connectivity index (χ2v) is 3.60. The van der Waals surface area contributed by atoms with Crippen molar-refractivity contribution in [2.45, 2.75) is 13.0 Å². The van der Waals surface area contributed by atoms with Crippen LogP contribution in [0.25, 0.3) is 0 Å². The molecule has 0 saturated heterocycles. The summed E-state index contributed by atoms with van der Waals surface area (Å²) in [5, 5.41) is 34.6. The van der Waals surface area contributed by atoms with E-state index in [1.807, 2.05) is 0 Å². The van der Waals surface area contributed by atoms with Crippen LogP contribution in [-0.2, 0) is 4.79 Å². The van der Waals surface area contributed by atoms with Crippen molar-refractivity contribution in [3.63, 3.8) is 0 Å². The maximum absolute atomic E-state index is 10.9. The molecule has 1 aromatic carbocycles. The fraction of sp³-hybridized carbons (Fsp3) is 0.154. The van der Waals surface area contributed by atoms with Gasteiger partial charge in [-0.2, -0.15) is 0 Å². The molecule has 7 nitrogen and oxygen atoms in total. The zero-order valence-electron chi connectivity index (χ0n) is 10.6. The number of aliphatic hydroxyl groups excluding tert-OH is 1. The Morgan fingerprint density at radius 1 is 1.15 bits per heavy atom. The molecule has 108 valence electrons. The van der Waals surface area contributed by atoms with Crippen LogP contribution in [0, 0.1) is 0 Å². The minimum Gasteiger partial charge on any atom is -0.478 e. The fourth-order valence-electron chi connectivity index (χ4n) is 1.34. The summed E-state index contributed by atoms with van der Waals surface area (Å²) in [6.45, 7) is 4.34. The van der Waals surface area contributed by atoms with Crippen LogP contribution in [-0.4, -0.2) is 38.3 Å². The summed E-state index contributed by atoms with van der Waals surface area (Å²) >= 11 is 0. The van der Waals surface area contributed by atoms with Gasteiger partial charge >= 0.3 is 17.9 Å². The van der Waals surface area contributed by atoms with Crippen LogP contribution < -0.4 is 0 Å². The van der Waals surface area contributed by atoms with Crippen molar-refractivity contribution >= 4 is 17.9 Å². The lowest BCUT2D eigenvalue weighted by molar-refractivity contribution is -0.131. The molecular weight excluding hydrogens is 268 g/mol. The first kappa shape index (κ1) is 17.3. The van der Waals surface area contributed by atoms with Gasteiger partial charge in [0.25, 0.3) is 0 Å². The molecule has 0 aromatic heterocycles. The Hall–Kier alpha value is -2.67. The van der Waals surface area contributed by atoms with Crippen LogP contribution in [0.15, 0.2) is 30.9 Å². The summed E-state index contributed by atoms with van der Waals surface area (Å²) in [6, 6.07) is 3.98. The normalized spacial score (nSPS) is 10.7. The van der Waals surface area contributed by atoms with Gasteiger partial charge in [-0.05, 0) is 18.6 Å². The average Bonchev–Trinajstić information content (AvgIpc) is 2.38. The van der Waals surface area contributed by atoms with Crippen molar-refractivity contribution in [2.24, 2.45) is 0 Å². The lowest BCUT2D eigenvalue weighted by atomic mass is 9.98. The Balaban J connectivity index is 0.000000621. The summed E-state index contributed by atoms with van der Waals surface area (Å²) < 4.78 is 0. The van der Waals surface area contributed by atoms with E-state index in [1.54, 1.807) is 0 Å². The van der Waals surface area contributed by atoms with Gasteiger partial charge in [-0.15, -0.1) is 0 Å². The summed E-state index contributed by atoms with van der Waals surface area (Å²) in [7, 11) is 0. The molecule has 0 heterocycles. The van der Waals surface area contributed by atoms with Gasteiger partial charge in [0.1, 0.15) is 0 Å². The maximum atomic E-state index is 10.9. The van der Waals surface area contributed by atoms with Gasteiger partial charge in [0, 0.05) is 6.08 Å². The Bertz CT molecular complexity index is 532. The Kier molecular flexibility index (Phi) is 6.67. The molecule has 1 atom stereocenters. The van der Waals surface area contributed by atoms with Crippen LogP contribution in [0.5, 0.6) is 0 Å². The van der Waals surface area contributed by atoms with E-state index in [9.17, 15) is 19.5 Å². The number of aliphatic carboxylic acids is 1. The maximum Gasteiger partial charge on any atom is 0.336 e. The van der Waals surface area contributed by atoms with Crippen molar-refractivity contribution in [1.29, 1.82) is 0 Å². The van der Waals surface area contributed by atoms with Crippen LogP contribution in [0.4, 0.5) is 0 Å². The fourth-order valence-corrected chi connectivity index (χ4v) is 1.34. The highest BCUT2D eigenvalue weighted by Crippen LogP contribution is 2.21. The molecule has 0 fully saturated rings. The van der Waals surface area contributed by atoms with Gasteiger partial charge in [-0.3, -0.25) is 0 Å². The van der Waals surface area contributed by atoms with Crippen LogP contribution in [0.3, 0.4) is 0 Å². The zero-order chi connectivity index (χ0) is 15.9. The van der Waals surface area contributed by atoms with Gasteiger partial charge in [0.05, 0.1) is 17.2 Å². The number of aliphatic hydroxyl groups is 1. The quantitative estimate of drug-likeness (QED) is 0.613. The van der Waals surface area contributed by atoms with E-state index < -0.39 is 24.0 Å². The van der Waals surface area contributed by atoms with Gasteiger partial charge in [-0.1, -0.05) is 18.7 Å². The molecule has 0 aliphatic carbocycles. The largest absolute Gasteiger partial charge is 0.478 e. The molecule has 0 radical (unpaired) electrons. The summed E-state index contributed by atoms with van der Waals surface area (Å²) in [4.78, 5) is 30.9. The van der Waals surface area contributed by atoms with E-state index in [0.29, 0.717) is 0 Å². The first-order chi connectivity index (χ1) is 9.22. The number of hydrogen-bond donors (Lipinski definition) is 4. The summed E-state index contributed by atoms with van der Waals surface area (Å²) in [5.74, 6) is -3.66. The van der Waals surface area contributed by atoms with E-state index in [0.717, 1.165) is 6.08 Å². The third-order valence-electron chi connectivity index (χ3n) is 2.17. The molecular formula is C13H14O7. The molecule has 0 spiro atoms. The molecule has 0 saturated carbocycles. The second-order valence-electron chi connectivity index (χ2n) is 3.60. The number of hydrogen-bond acceptors (Lipinski definition) is 4. The molecule has 0 aliphatic heterocycles. The van der Waals surface area contributed by atoms with Gasteiger partial charge in [0.2, 0.25) is 0 Å². The SMILES string of the molecule is C=CC(=O)O.CC(O)c1cccc(C(=O)O)c1C(=O)O. The topological polar surface area (TPSA) is 132 Å². The minimum atomic E-state index is -1.36. The van der Waals surface area contributed by atoms with Crippen molar-refractivity contribution in [1.82, 2.24) is 0 Å². The highest BCUT2D eigenvalue weighted by Gasteiger charge is 2.21. The predicted molar refractivity (Wildman–Crippen MR) is 68.8 cm³/mol. The number of carboxylic acids is 3. The van der Waals surface area contributed by atoms with Crippen molar-refractivity contribution in [2.75, 3.05) is 0 Å². The lowest BCUT2D eigenvalue weighted by Crippen LogP contribution is -2.12. The number of aromatic carboxylic acids is 2. The summed E-state index contributed by atoms with van der Waals surface area (Å²) in [6.07, 6.45) is -0.185. The molecule has 0 aliphatic rings. The minimum absolute atomic E-state index is 0.0994. The van der Waals surface area contributed by atoms with Crippen LogP contribution in [0.2, 0.25) is 0 Å². The molecule has 1 aromatic rings. The molecule has 1 unspecified atom stereocenters. The number of carbonyl (C=O) groups is 3. The van der Waals surface area contributed by atoms with Gasteiger partial charge in [0.15, 0.2) is 0 Å². The van der Waals surface area contributed by atoms with Crippen LogP contribution in [0.1, 0.15) is 39.3 Å². The standard InChI is InChI=1S/C10H10O5.C3H4O2/c1-5(11)6-3-2-4-7(9(12)13)8(6)10(14)15;1-2-3(4)5/h2-5,11H,1H3,(H,12,13)(H,14,15);2H,1H2,(H,4,5). The van der Waals surface area contributed by atoms with E-state index in [2.05, 4.69) is 6.58 Å². The van der Waals surface area contributed by atoms with Gasteiger partial charge < -0.3 is 20.4 Å². The Labute approximate surface area is 114 Å². The third-order valence-corrected chi connectivity index (χ3v) is 2.17. The second kappa shape index (κ2) is 7.70. The van der Waals surface area contributed by atoms with Crippen molar-refractivity contribution in [3.8, 4) is 0 Å².